The molecule has 0 aromatic carbocycles. The van der Waals surface area contributed by atoms with Crippen LogP contribution in [0.25, 0.3) is 0 Å². The molecule has 0 spiro atoms. The average molecular weight is 433 g/mol. The Morgan fingerprint density at radius 1 is 1.13 bits per heavy atom. The monoisotopic (exact) mass is 433 g/mol. The van der Waals surface area contributed by atoms with Crippen LogP contribution in [0.15, 0.2) is 23.2 Å². The number of rotatable bonds is 9. The molecule has 1 aromatic heterocycles. The Labute approximate surface area is 158 Å². The maximum atomic E-state index is 4.62. The third-order valence-corrected chi connectivity index (χ3v) is 3.32. The standard InChI is InChI=1S/C17H31N5.HI/c1-5-7-8-9-13-19-17(18-6-2)20-14-15-11-10-12-16(21-15)22(3)4;/h10-12H,5-9,13-14H2,1-4H3,(H2,18,19,20);1H. The highest BCUT2D eigenvalue weighted by Crippen LogP contribution is 2.08. The second kappa shape index (κ2) is 13.4. The van der Waals surface area contributed by atoms with Gasteiger partial charge in [-0.05, 0) is 25.5 Å². The molecule has 132 valence electrons. The fourth-order valence-electron chi connectivity index (χ4n) is 2.06. The molecule has 0 saturated heterocycles. The maximum absolute atomic E-state index is 4.62. The molecule has 0 aliphatic heterocycles. The van der Waals surface area contributed by atoms with E-state index in [-0.39, 0.29) is 24.0 Å². The van der Waals surface area contributed by atoms with Crippen LogP contribution in [0.2, 0.25) is 0 Å². The summed E-state index contributed by atoms with van der Waals surface area (Å²) in [6.07, 6.45) is 5.03. The number of pyridine rings is 1. The van der Waals surface area contributed by atoms with Gasteiger partial charge in [-0.3, -0.25) is 0 Å². The lowest BCUT2D eigenvalue weighted by molar-refractivity contribution is 0.647. The summed E-state index contributed by atoms with van der Waals surface area (Å²) >= 11 is 0. The zero-order valence-electron chi connectivity index (χ0n) is 14.9. The molecular weight excluding hydrogens is 401 g/mol. The first-order chi connectivity index (χ1) is 10.7. The van der Waals surface area contributed by atoms with Crippen LogP contribution in [0.5, 0.6) is 0 Å². The molecule has 1 aromatic rings. The predicted molar refractivity (Wildman–Crippen MR) is 111 cm³/mol. The smallest absolute Gasteiger partial charge is 0.191 e. The van der Waals surface area contributed by atoms with E-state index in [0.29, 0.717) is 6.54 Å². The molecule has 6 heteroatoms. The highest BCUT2D eigenvalue weighted by molar-refractivity contribution is 14.0. The summed E-state index contributed by atoms with van der Waals surface area (Å²) < 4.78 is 0. The van der Waals surface area contributed by atoms with Gasteiger partial charge < -0.3 is 15.5 Å². The van der Waals surface area contributed by atoms with Gasteiger partial charge in [0, 0.05) is 27.2 Å². The highest BCUT2D eigenvalue weighted by Gasteiger charge is 2.01. The normalized spacial score (nSPS) is 10.9. The third kappa shape index (κ3) is 9.63. The van der Waals surface area contributed by atoms with E-state index in [4.69, 9.17) is 0 Å². The van der Waals surface area contributed by atoms with Crippen molar-refractivity contribution < 1.29 is 0 Å². The molecule has 2 N–H and O–H groups in total. The van der Waals surface area contributed by atoms with Gasteiger partial charge in [0.2, 0.25) is 0 Å². The lowest BCUT2D eigenvalue weighted by Gasteiger charge is -2.13. The number of halogens is 1. The fraction of sp³-hybridized carbons (Fsp3) is 0.647. The molecule has 0 unspecified atom stereocenters. The topological polar surface area (TPSA) is 52.6 Å². The number of nitrogens with one attached hydrogen (secondary N) is 2. The average Bonchev–Trinajstić information content (AvgIpc) is 2.52. The van der Waals surface area contributed by atoms with Crippen molar-refractivity contribution >= 4 is 35.8 Å². The first kappa shape index (κ1) is 21.9. The van der Waals surface area contributed by atoms with Gasteiger partial charge in [-0.2, -0.15) is 0 Å². The molecule has 0 radical (unpaired) electrons. The summed E-state index contributed by atoms with van der Waals surface area (Å²) in [4.78, 5) is 11.2. The number of guanidine groups is 1. The van der Waals surface area contributed by atoms with Crippen LogP contribution in [0, 0.1) is 0 Å². The molecule has 0 amide bonds. The number of unbranched alkanes of at least 4 members (excludes halogenated alkanes) is 3. The molecule has 0 aliphatic carbocycles. The number of hydrogen-bond donors (Lipinski definition) is 2. The van der Waals surface area contributed by atoms with E-state index < -0.39 is 0 Å². The van der Waals surface area contributed by atoms with Gasteiger partial charge in [-0.1, -0.05) is 32.3 Å². The zero-order chi connectivity index (χ0) is 16.2. The molecule has 0 fully saturated rings. The molecule has 0 saturated carbocycles. The number of aliphatic imine (C=N–C) groups is 1. The lowest BCUT2D eigenvalue weighted by atomic mass is 10.2. The largest absolute Gasteiger partial charge is 0.363 e. The quantitative estimate of drug-likeness (QED) is 0.271. The molecular formula is C17H32IN5. The summed E-state index contributed by atoms with van der Waals surface area (Å²) in [6, 6.07) is 6.05. The Hall–Kier alpha value is -1.05. The van der Waals surface area contributed by atoms with E-state index in [1.165, 1.54) is 25.7 Å². The van der Waals surface area contributed by atoms with Crippen molar-refractivity contribution in [3.63, 3.8) is 0 Å². The Kier molecular flexibility index (Phi) is 12.8. The summed E-state index contributed by atoms with van der Waals surface area (Å²) in [5.41, 5.74) is 0.981. The van der Waals surface area contributed by atoms with Crippen molar-refractivity contribution in [2.45, 2.75) is 46.1 Å². The molecule has 1 rings (SSSR count). The van der Waals surface area contributed by atoms with Crippen molar-refractivity contribution in [2.75, 3.05) is 32.1 Å². The van der Waals surface area contributed by atoms with E-state index in [2.05, 4.69) is 34.5 Å². The van der Waals surface area contributed by atoms with Crippen LogP contribution in [0.4, 0.5) is 5.82 Å². The molecule has 0 aliphatic rings. The number of hydrogen-bond acceptors (Lipinski definition) is 3. The molecule has 23 heavy (non-hydrogen) atoms. The van der Waals surface area contributed by atoms with Crippen LogP contribution >= 0.6 is 24.0 Å². The van der Waals surface area contributed by atoms with Crippen LogP contribution in [0.3, 0.4) is 0 Å². The van der Waals surface area contributed by atoms with Crippen LogP contribution in [-0.2, 0) is 6.54 Å². The van der Waals surface area contributed by atoms with E-state index in [1.54, 1.807) is 0 Å². The van der Waals surface area contributed by atoms with Crippen LogP contribution in [-0.4, -0.2) is 38.1 Å². The predicted octanol–water partition coefficient (Wildman–Crippen LogP) is 3.40. The SMILES string of the molecule is CCCCCCNC(=NCc1cccc(N(C)C)n1)NCC.I. The van der Waals surface area contributed by atoms with E-state index in [0.717, 1.165) is 30.6 Å². The van der Waals surface area contributed by atoms with Gasteiger partial charge in [0.15, 0.2) is 5.96 Å². The minimum Gasteiger partial charge on any atom is -0.363 e. The number of nitrogens with zero attached hydrogens (tertiary/aromatic N) is 3. The van der Waals surface area contributed by atoms with E-state index in [9.17, 15) is 0 Å². The third-order valence-electron chi connectivity index (χ3n) is 3.32. The van der Waals surface area contributed by atoms with Crippen molar-refractivity contribution in [3.8, 4) is 0 Å². The number of anilines is 1. The molecule has 1 heterocycles. The van der Waals surface area contributed by atoms with Gasteiger partial charge in [0.25, 0.3) is 0 Å². The van der Waals surface area contributed by atoms with Gasteiger partial charge in [-0.25, -0.2) is 9.98 Å². The van der Waals surface area contributed by atoms with Crippen molar-refractivity contribution in [2.24, 2.45) is 4.99 Å². The number of aromatic nitrogens is 1. The fourth-order valence-corrected chi connectivity index (χ4v) is 2.06. The highest BCUT2D eigenvalue weighted by atomic mass is 127. The summed E-state index contributed by atoms with van der Waals surface area (Å²) in [5, 5.41) is 6.67. The Morgan fingerprint density at radius 2 is 1.91 bits per heavy atom. The minimum absolute atomic E-state index is 0. The Morgan fingerprint density at radius 3 is 2.57 bits per heavy atom. The Bertz CT molecular complexity index is 448. The van der Waals surface area contributed by atoms with Gasteiger partial charge in [0.05, 0.1) is 12.2 Å². The summed E-state index contributed by atoms with van der Waals surface area (Å²) in [5.74, 6) is 1.83. The van der Waals surface area contributed by atoms with Gasteiger partial charge >= 0.3 is 0 Å². The van der Waals surface area contributed by atoms with E-state index >= 15 is 0 Å². The first-order valence-corrected chi connectivity index (χ1v) is 8.32. The summed E-state index contributed by atoms with van der Waals surface area (Å²) in [7, 11) is 3.99. The van der Waals surface area contributed by atoms with Crippen LogP contribution in [0.1, 0.15) is 45.2 Å². The van der Waals surface area contributed by atoms with Gasteiger partial charge in [0.1, 0.15) is 5.82 Å². The van der Waals surface area contributed by atoms with Gasteiger partial charge in [-0.15, -0.1) is 24.0 Å². The first-order valence-electron chi connectivity index (χ1n) is 8.32. The Balaban J connectivity index is 0.00000484. The van der Waals surface area contributed by atoms with Crippen molar-refractivity contribution in [1.82, 2.24) is 15.6 Å². The van der Waals surface area contributed by atoms with E-state index in [1.807, 2.05) is 37.2 Å². The lowest BCUT2D eigenvalue weighted by Crippen LogP contribution is -2.37. The second-order valence-corrected chi connectivity index (χ2v) is 5.56. The van der Waals surface area contributed by atoms with Crippen molar-refractivity contribution in [3.05, 3.63) is 23.9 Å². The van der Waals surface area contributed by atoms with Crippen molar-refractivity contribution in [1.29, 1.82) is 0 Å². The summed E-state index contributed by atoms with van der Waals surface area (Å²) in [6.45, 7) is 6.74. The molecule has 5 nitrogen and oxygen atoms in total. The second-order valence-electron chi connectivity index (χ2n) is 5.56. The zero-order valence-corrected chi connectivity index (χ0v) is 17.3. The maximum Gasteiger partial charge on any atom is 0.191 e. The van der Waals surface area contributed by atoms with Crippen LogP contribution < -0.4 is 15.5 Å². The molecule has 0 bridgehead atoms. The molecule has 0 atom stereocenters. The minimum atomic E-state index is 0.